The molecule has 0 spiro atoms. The maximum atomic E-state index is 10.9. The summed E-state index contributed by atoms with van der Waals surface area (Å²) in [5.41, 5.74) is 12.6. The number of nitrogens with one attached hydrogen (secondary N) is 1. The minimum Gasteiger partial charge on any atom is -0.397 e. The molecule has 1 aliphatic rings. The van der Waals surface area contributed by atoms with E-state index in [4.69, 9.17) is 16.6 Å². The predicted octanol–water partition coefficient (Wildman–Crippen LogP) is 0.303. The fourth-order valence-corrected chi connectivity index (χ4v) is 1.77. The summed E-state index contributed by atoms with van der Waals surface area (Å²) in [6.07, 6.45) is 1.26. The van der Waals surface area contributed by atoms with Gasteiger partial charge in [0.1, 0.15) is 0 Å². The summed E-state index contributed by atoms with van der Waals surface area (Å²) in [6.45, 7) is 0. The van der Waals surface area contributed by atoms with E-state index in [0.717, 1.165) is 18.5 Å². The third-order valence-corrected chi connectivity index (χ3v) is 2.81. The molecule has 1 fully saturated rings. The number of rotatable bonds is 3. The van der Waals surface area contributed by atoms with E-state index < -0.39 is 5.91 Å². The lowest BCUT2D eigenvalue weighted by atomic mass is 9.89. The number of hydrogen-bond acceptors (Lipinski definition) is 4. The van der Waals surface area contributed by atoms with Crippen LogP contribution < -0.4 is 16.8 Å². The molecule has 1 aliphatic carbocycles. The lowest BCUT2D eigenvalue weighted by Crippen LogP contribution is -2.39. The molecule has 0 radical (unpaired) electrons. The number of benzene rings is 1. The molecular weight excluding hydrogens is 206 g/mol. The van der Waals surface area contributed by atoms with Crippen LogP contribution >= 0.6 is 0 Å². The number of anilines is 2. The first kappa shape index (κ1) is 10.8. The molecular formula is C11H15N3O2. The van der Waals surface area contributed by atoms with Crippen LogP contribution in [0.4, 0.5) is 11.4 Å². The van der Waals surface area contributed by atoms with Crippen molar-refractivity contribution in [2.75, 3.05) is 11.1 Å². The quantitative estimate of drug-likeness (QED) is 0.551. The van der Waals surface area contributed by atoms with E-state index in [1.807, 2.05) is 0 Å². The van der Waals surface area contributed by atoms with Crippen molar-refractivity contribution in [2.45, 2.75) is 25.0 Å². The summed E-state index contributed by atoms with van der Waals surface area (Å²) in [5, 5.41) is 12.4. The van der Waals surface area contributed by atoms with Crippen molar-refractivity contribution in [3.63, 3.8) is 0 Å². The highest BCUT2D eigenvalue weighted by molar-refractivity contribution is 5.94. The molecule has 1 amide bonds. The molecule has 1 aromatic rings. The second-order valence-corrected chi connectivity index (χ2v) is 4.13. The first-order valence-corrected chi connectivity index (χ1v) is 5.20. The molecule has 1 saturated carbocycles. The van der Waals surface area contributed by atoms with Crippen LogP contribution in [0.15, 0.2) is 18.2 Å². The number of primary amides is 1. The third kappa shape index (κ3) is 2.09. The lowest BCUT2D eigenvalue weighted by molar-refractivity contribution is 0.0837. The Kier molecular flexibility index (Phi) is 2.70. The molecule has 0 aliphatic heterocycles. The van der Waals surface area contributed by atoms with Gasteiger partial charge in [0, 0.05) is 11.6 Å². The van der Waals surface area contributed by atoms with Gasteiger partial charge in [0.2, 0.25) is 5.91 Å². The van der Waals surface area contributed by atoms with E-state index in [9.17, 15) is 4.79 Å². The molecule has 0 saturated heterocycles. The molecule has 2 rings (SSSR count). The van der Waals surface area contributed by atoms with E-state index in [-0.39, 0.29) is 12.1 Å². The zero-order valence-corrected chi connectivity index (χ0v) is 8.81. The van der Waals surface area contributed by atoms with Crippen molar-refractivity contribution in [3.8, 4) is 0 Å². The number of aliphatic hydroxyl groups is 1. The van der Waals surface area contributed by atoms with Crippen molar-refractivity contribution in [1.29, 1.82) is 0 Å². The van der Waals surface area contributed by atoms with Gasteiger partial charge in [-0.15, -0.1) is 0 Å². The van der Waals surface area contributed by atoms with Gasteiger partial charge in [0.15, 0.2) is 0 Å². The molecule has 6 N–H and O–H groups in total. The van der Waals surface area contributed by atoms with Gasteiger partial charge >= 0.3 is 0 Å². The summed E-state index contributed by atoms with van der Waals surface area (Å²) in [6, 6.07) is 5.19. The first-order chi connectivity index (χ1) is 7.56. The minimum atomic E-state index is -0.489. The average molecular weight is 221 g/mol. The van der Waals surface area contributed by atoms with E-state index in [2.05, 4.69) is 5.32 Å². The smallest absolute Gasteiger partial charge is 0.248 e. The fraction of sp³-hybridized carbons (Fsp3) is 0.364. The summed E-state index contributed by atoms with van der Waals surface area (Å²) >= 11 is 0. The van der Waals surface area contributed by atoms with Crippen LogP contribution in [0.3, 0.4) is 0 Å². The third-order valence-electron chi connectivity index (χ3n) is 2.81. The van der Waals surface area contributed by atoms with Crippen molar-refractivity contribution in [2.24, 2.45) is 5.73 Å². The van der Waals surface area contributed by atoms with Crippen LogP contribution in [0, 0.1) is 0 Å². The predicted molar refractivity (Wildman–Crippen MR) is 62.0 cm³/mol. The van der Waals surface area contributed by atoms with Crippen molar-refractivity contribution >= 4 is 17.3 Å². The Labute approximate surface area is 93.4 Å². The first-order valence-electron chi connectivity index (χ1n) is 5.20. The monoisotopic (exact) mass is 221 g/mol. The van der Waals surface area contributed by atoms with Gasteiger partial charge < -0.3 is 21.9 Å². The normalized spacial score (nSPS) is 23.6. The van der Waals surface area contributed by atoms with Crippen molar-refractivity contribution < 1.29 is 9.90 Å². The van der Waals surface area contributed by atoms with Crippen LogP contribution in [0.1, 0.15) is 23.2 Å². The summed E-state index contributed by atoms with van der Waals surface area (Å²) in [7, 11) is 0. The van der Waals surface area contributed by atoms with E-state index in [0.29, 0.717) is 11.3 Å². The van der Waals surface area contributed by atoms with Gasteiger partial charge in [-0.2, -0.15) is 0 Å². The number of carbonyl (C=O) groups is 1. The molecule has 0 atom stereocenters. The summed E-state index contributed by atoms with van der Waals surface area (Å²) < 4.78 is 0. The minimum absolute atomic E-state index is 0.205. The van der Waals surface area contributed by atoms with Crippen LogP contribution in [0.25, 0.3) is 0 Å². The van der Waals surface area contributed by atoms with Crippen molar-refractivity contribution in [1.82, 2.24) is 0 Å². The molecule has 0 aromatic heterocycles. The van der Waals surface area contributed by atoms with E-state index >= 15 is 0 Å². The molecule has 0 unspecified atom stereocenters. The fourth-order valence-electron chi connectivity index (χ4n) is 1.77. The molecule has 1 aromatic carbocycles. The molecule has 86 valence electrons. The molecule has 5 heteroatoms. The van der Waals surface area contributed by atoms with Crippen LogP contribution in [0.2, 0.25) is 0 Å². The Morgan fingerprint density at radius 3 is 2.62 bits per heavy atom. The van der Waals surface area contributed by atoms with Gasteiger partial charge in [-0.05, 0) is 31.0 Å². The molecule has 0 bridgehead atoms. The maximum absolute atomic E-state index is 10.9. The molecule has 16 heavy (non-hydrogen) atoms. The Bertz CT molecular complexity index is 414. The average Bonchev–Trinajstić information content (AvgIpc) is 2.18. The Morgan fingerprint density at radius 2 is 2.12 bits per heavy atom. The lowest BCUT2D eigenvalue weighted by Gasteiger charge is -2.33. The molecule has 5 nitrogen and oxygen atoms in total. The van der Waals surface area contributed by atoms with Crippen molar-refractivity contribution in [3.05, 3.63) is 23.8 Å². The number of nitrogens with two attached hydrogens (primary N) is 2. The highest BCUT2D eigenvalue weighted by atomic mass is 16.3. The van der Waals surface area contributed by atoms with Crippen LogP contribution in [-0.2, 0) is 0 Å². The Balaban J connectivity index is 2.07. The van der Waals surface area contributed by atoms with Gasteiger partial charge in [-0.3, -0.25) is 4.79 Å². The summed E-state index contributed by atoms with van der Waals surface area (Å²) in [4.78, 5) is 10.9. The van der Waals surface area contributed by atoms with Gasteiger partial charge in [0.05, 0.1) is 17.5 Å². The Hall–Kier alpha value is -1.75. The number of aliphatic hydroxyl groups excluding tert-OH is 1. The molecule has 0 heterocycles. The van der Waals surface area contributed by atoms with Gasteiger partial charge in [-0.25, -0.2) is 0 Å². The largest absolute Gasteiger partial charge is 0.397 e. The topological polar surface area (TPSA) is 101 Å². The Morgan fingerprint density at radius 1 is 1.44 bits per heavy atom. The second kappa shape index (κ2) is 4.02. The number of carbonyl (C=O) groups excluding carboxylic acids is 1. The van der Waals surface area contributed by atoms with E-state index in [1.54, 1.807) is 18.2 Å². The second-order valence-electron chi connectivity index (χ2n) is 4.13. The highest BCUT2D eigenvalue weighted by Crippen LogP contribution is 2.27. The zero-order valence-electron chi connectivity index (χ0n) is 8.81. The SMILES string of the molecule is NC(=O)c1ccc(NC2CC(O)C2)c(N)c1. The number of hydrogen-bond donors (Lipinski definition) is 4. The summed E-state index contributed by atoms with van der Waals surface area (Å²) in [5.74, 6) is -0.489. The number of nitrogen functional groups attached to an aromatic ring is 1. The van der Waals surface area contributed by atoms with E-state index in [1.165, 1.54) is 0 Å². The zero-order chi connectivity index (χ0) is 11.7. The highest BCUT2D eigenvalue weighted by Gasteiger charge is 2.27. The number of amides is 1. The maximum Gasteiger partial charge on any atom is 0.248 e. The van der Waals surface area contributed by atoms with Crippen LogP contribution in [-0.4, -0.2) is 23.2 Å². The van der Waals surface area contributed by atoms with Crippen LogP contribution in [0.5, 0.6) is 0 Å². The van der Waals surface area contributed by atoms with Gasteiger partial charge in [0.25, 0.3) is 0 Å². The standard InChI is InChI=1S/C11H15N3O2/c12-9-3-6(11(13)16)1-2-10(9)14-7-4-8(15)5-7/h1-3,7-8,14-15H,4-5,12H2,(H2,13,16). The van der Waals surface area contributed by atoms with Gasteiger partial charge in [-0.1, -0.05) is 0 Å².